The number of nitrogens with zero attached hydrogens (tertiary/aromatic N) is 1. The Bertz CT molecular complexity index is 912. The summed E-state index contributed by atoms with van der Waals surface area (Å²) in [6, 6.07) is 13.2. The molecule has 0 saturated carbocycles. The van der Waals surface area contributed by atoms with E-state index in [-0.39, 0.29) is 17.2 Å². The van der Waals surface area contributed by atoms with Gasteiger partial charge in [-0.1, -0.05) is 28.1 Å². The zero-order chi connectivity index (χ0) is 18.7. The molecule has 1 aliphatic heterocycles. The minimum absolute atomic E-state index is 0.0756. The van der Waals surface area contributed by atoms with Gasteiger partial charge in [0.1, 0.15) is 12.3 Å². The fraction of sp³-hybridized carbons (Fsp3) is 0.0556. The number of benzene rings is 2. The SMILES string of the molecule is O=C(CN1C(=O)S/C(=C\c2cccc(Br)c2)C1=O)Nc1ccc(O)cc1. The Hall–Kier alpha value is -2.58. The summed E-state index contributed by atoms with van der Waals surface area (Å²) in [7, 11) is 0. The van der Waals surface area contributed by atoms with Crippen molar-refractivity contribution in [3.63, 3.8) is 0 Å². The van der Waals surface area contributed by atoms with Gasteiger partial charge in [0, 0.05) is 10.2 Å². The van der Waals surface area contributed by atoms with Crippen LogP contribution in [0.15, 0.2) is 57.9 Å². The highest BCUT2D eigenvalue weighted by atomic mass is 79.9. The standard InChI is InChI=1S/C18H13BrN2O4S/c19-12-3-1-2-11(8-12)9-15-17(24)21(18(25)26-15)10-16(23)20-13-4-6-14(22)7-5-13/h1-9,22H,10H2,(H,20,23)/b15-9-. The van der Waals surface area contributed by atoms with Crippen LogP contribution in [0, 0.1) is 0 Å². The summed E-state index contributed by atoms with van der Waals surface area (Å²) < 4.78 is 0.860. The number of carbonyl (C=O) groups is 3. The Morgan fingerprint density at radius 3 is 2.62 bits per heavy atom. The first-order valence-electron chi connectivity index (χ1n) is 7.52. The molecule has 0 atom stereocenters. The van der Waals surface area contributed by atoms with Crippen LogP contribution in [0.1, 0.15) is 5.56 Å². The van der Waals surface area contributed by atoms with Crippen LogP contribution in [0.2, 0.25) is 0 Å². The van der Waals surface area contributed by atoms with Gasteiger partial charge in [0.25, 0.3) is 11.1 Å². The fourth-order valence-electron chi connectivity index (χ4n) is 2.27. The molecule has 3 rings (SSSR count). The van der Waals surface area contributed by atoms with Crippen LogP contribution >= 0.6 is 27.7 Å². The van der Waals surface area contributed by atoms with Crippen molar-refractivity contribution < 1.29 is 19.5 Å². The number of aromatic hydroxyl groups is 1. The largest absolute Gasteiger partial charge is 0.508 e. The number of anilines is 1. The van der Waals surface area contributed by atoms with Crippen molar-refractivity contribution >= 4 is 56.5 Å². The Kier molecular flexibility index (Phi) is 5.43. The third-order valence-corrected chi connectivity index (χ3v) is 4.87. The summed E-state index contributed by atoms with van der Waals surface area (Å²) in [5.41, 5.74) is 1.24. The van der Waals surface area contributed by atoms with E-state index in [2.05, 4.69) is 21.2 Å². The Morgan fingerprint density at radius 2 is 1.92 bits per heavy atom. The second kappa shape index (κ2) is 7.76. The summed E-state index contributed by atoms with van der Waals surface area (Å²) in [5, 5.41) is 11.3. The van der Waals surface area contributed by atoms with Crippen LogP contribution in [0.4, 0.5) is 10.5 Å². The summed E-state index contributed by atoms with van der Waals surface area (Å²) in [6.07, 6.45) is 1.62. The zero-order valence-electron chi connectivity index (χ0n) is 13.3. The zero-order valence-corrected chi connectivity index (χ0v) is 15.7. The van der Waals surface area contributed by atoms with Crippen molar-refractivity contribution in [3.8, 4) is 5.75 Å². The Morgan fingerprint density at radius 1 is 1.19 bits per heavy atom. The maximum absolute atomic E-state index is 12.4. The first-order chi connectivity index (χ1) is 12.4. The molecule has 26 heavy (non-hydrogen) atoms. The van der Waals surface area contributed by atoms with Gasteiger partial charge in [-0.25, -0.2) is 0 Å². The molecular formula is C18H13BrN2O4S. The van der Waals surface area contributed by atoms with E-state index in [0.717, 1.165) is 26.7 Å². The van der Waals surface area contributed by atoms with Crippen LogP contribution in [0.5, 0.6) is 5.75 Å². The van der Waals surface area contributed by atoms with E-state index in [9.17, 15) is 19.5 Å². The second-order valence-electron chi connectivity index (χ2n) is 5.42. The second-order valence-corrected chi connectivity index (χ2v) is 7.33. The number of nitrogens with one attached hydrogen (secondary N) is 1. The maximum atomic E-state index is 12.4. The van der Waals surface area contributed by atoms with Gasteiger partial charge < -0.3 is 10.4 Å². The van der Waals surface area contributed by atoms with Crippen molar-refractivity contribution in [2.24, 2.45) is 0 Å². The molecule has 2 aromatic rings. The van der Waals surface area contributed by atoms with Gasteiger partial charge in [-0.2, -0.15) is 0 Å². The maximum Gasteiger partial charge on any atom is 0.294 e. The van der Waals surface area contributed by atoms with Gasteiger partial charge in [-0.05, 0) is 59.8 Å². The molecule has 132 valence electrons. The minimum Gasteiger partial charge on any atom is -0.508 e. The number of hydrogen-bond donors (Lipinski definition) is 2. The molecule has 0 aliphatic carbocycles. The van der Waals surface area contributed by atoms with Gasteiger partial charge in [0.05, 0.1) is 4.91 Å². The average Bonchev–Trinajstić information content (AvgIpc) is 2.84. The lowest BCUT2D eigenvalue weighted by Gasteiger charge is -2.12. The van der Waals surface area contributed by atoms with Crippen molar-refractivity contribution in [1.82, 2.24) is 4.90 Å². The molecule has 1 fully saturated rings. The van der Waals surface area contributed by atoms with Gasteiger partial charge >= 0.3 is 0 Å². The van der Waals surface area contributed by atoms with Crippen LogP contribution < -0.4 is 5.32 Å². The van der Waals surface area contributed by atoms with Crippen molar-refractivity contribution in [1.29, 1.82) is 0 Å². The summed E-state index contributed by atoms with van der Waals surface area (Å²) in [6.45, 7) is -0.374. The number of phenols is 1. The third kappa shape index (κ3) is 4.33. The molecular weight excluding hydrogens is 420 g/mol. The van der Waals surface area contributed by atoms with Crippen molar-refractivity contribution in [3.05, 3.63) is 63.5 Å². The highest BCUT2D eigenvalue weighted by molar-refractivity contribution is 9.10. The smallest absolute Gasteiger partial charge is 0.294 e. The molecule has 0 bridgehead atoms. The third-order valence-electron chi connectivity index (χ3n) is 3.47. The quantitative estimate of drug-likeness (QED) is 0.566. The van der Waals surface area contributed by atoms with E-state index in [1.165, 1.54) is 24.3 Å². The Balaban J connectivity index is 1.69. The minimum atomic E-state index is -0.499. The van der Waals surface area contributed by atoms with E-state index in [4.69, 9.17) is 0 Å². The predicted molar refractivity (Wildman–Crippen MR) is 104 cm³/mol. The number of carbonyl (C=O) groups excluding carboxylic acids is 3. The predicted octanol–water partition coefficient (Wildman–Crippen LogP) is 3.83. The molecule has 8 heteroatoms. The lowest BCUT2D eigenvalue weighted by atomic mass is 10.2. The number of phenolic OH excluding ortho intramolecular Hbond substituents is 1. The number of hydrogen-bond acceptors (Lipinski definition) is 5. The molecule has 0 radical (unpaired) electrons. The van der Waals surface area contributed by atoms with Gasteiger partial charge in [-0.15, -0.1) is 0 Å². The highest BCUT2D eigenvalue weighted by Gasteiger charge is 2.36. The molecule has 2 N–H and O–H groups in total. The Labute approximate surface area is 162 Å². The van der Waals surface area contributed by atoms with Gasteiger partial charge in [0.2, 0.25) is 5.91 Å². The van der Waals surface area contributed by atoms with E-state index >= 15 is 0 Å². The van der Waals surface area contributed by atoms with Crippen LogP contribution in [-0.2, 0) is 9.59 Å². The monoisotopic (exact) mass is 432 g/mol. The average molecular weight is 433 g/mol. The molecule has 1 aliphatic rings. The van der Waals surface area contributed by atoms with Gasteiger partial charge in [-0.3, -0.25) is 19.3 Å². The molecule has 0 unspecified atom stereocenters. The van der Waals surface area contributed by atoms with E-state index < -0.39 is 17.1 Å². The van der Waals surface area contributed by atoms with Crippen molar-refractivity contribution in [2.75, 3.05) is 11.9 Å². The summed E-state index contributed by atoms with van der Waals surface area (Å²) in [4.78, 5) is 37.8. The number of amides is 3. The van der Waals surface area contributed by atoms with E-state index in [1.807, 2.05) is 24.3 Å². The fourth-order valence-corrected chi connectivity index (χ4v) is 3.53. The normalized spacial score (nSPS) is 15.6. The van der Waals surface area contributed by atoms with Crippen LogP contribution in [0.25, 0.3) is 6.08 Å². The van der Waals surface area contributed by atoms with Crippen molar-refractivity contribution in [2.45, 2.75) is 0 Å². The molecule has 0 aromatic heterocycles. The van der Waals surface area contributed by atoms with Crippen LogP contribution in [-0.4, -0.2) is 33.6 Å². The lowest BCUT2D eigenvalue weighted by molar-refractivity contribution is -0.127. The number of thioether (sulfide) groups is 1. The van der Waals surface area contributed by atoms with Gasteiger partial charge in [0.15, 0.2) is 0 Å². The van der Waals surface area contributed by atoms with Crippen LogP contribution in [0.3, 0.4) is 0 Å². The molecule has 1 heterocycles. The topological polar surface area (TPSA) is 86.7 Å². The number of imide groups is 1. The van der Waals surface area contributed by atoms with E-state index in [0.29, 0.717) is 5.69 Å². The van der Waals surface area contributed by atoms with E-state index in [1.54, 1.807) is 6.08 Å². The highest BCUT2D eigenvalue weighted by Crippen LogP contribution is 2.32. The lowest BCUT2D eigenvalue weighted by Crippen LogP contribution is -2.36. The number of halogens is 1. The molecule has 1 saturated heterocycles. The molecule has 3 amide bonds. The first-order valence-corrected chi connectivity index (χ1v) is 9.13. The summed E-state index contributed by atoms with van der Waals surface area (Å²) >= 11 is 4.16. The first kappa shape index (κ1) is 18.2. The summed E-state index contributed by atoms with van der Waals surface area (Å²) in [5.74, 6) is -0.922. The molecule has 2 aromatic carbocycles. The number of rotatable bonds is 4. The molecule has 6 nitrogen and oxygen atoms in total. The molecule has 0 spiro atoms.